The highest BCUT2D eigenvalue weighted by molar-refractivity contribution is 6.30. The second-order valence-electron chi connectivity index (χ2n) is 11.7. The molecule has 0 saturated carbocycles. The van der Waals surface area contributed by atoms with Crippen molar-refractivity contribution in [2.24, 2.45) is 5.92 Å². The van der Waals surface area contributed by atoms with E-state index < -0.39 is 0 Å². The minimum atomic E-state index is -0.000113. The lowest BCUT2D eigenvalue weighted by atomic mass is 9.62. The summed E-state index contributed by atoms with van der Waals surface area (Å²) in [6, 6.07) is 17.1. The third kappa shape index (κ3) is 5.41. The number of rotatable bonds is 7. The zero-order valence-electron chi connectivity index (χ0n) is 24.1. The average Bonchev–Trinajstić information content (AvgIpc) is 3.50. The maximum Gasteiger partial charge on any atom is 0.222 e. The summed E-state index contributed by atoms with van der Waals surface area (Å²) in [5.74, 6) is 1.05. The molecule has 41 heavy (non-hydrogen) atoms. The highest BCUT2D eigenvalue weighted by Gasteiger charge is 2.48. The molecule has 0 aliphatic carbocycles. The van der Waals surface area contributed by atoms with Crippen molar-refractivity contribution in [2.45, 2.75) is 57.5 Å². The Morgan fingerprint density at radius 2 is 2.12 bits per heavy atom. The molecule has 2 aromatic heterocycles. The number of hydrogen-bond donors (Lipinski definition) is 1. The van der Waals surface area contributed by atoms with Gasteiger partial charge in [-0.25, -0.2) is 4.98 Å². The fourth-order valence-corrected chi connectivity index (χ4v) is 7.59. The number of anilines is 1. The topological polar surface area (TPSA) is 77.3 Å². The third-order valence-corrected chi connectivity index (χ3v) is 9.56. The first-order valence-electron chi connectivity index (χ1n) is 15.0. The van der Waals surface area contributed by atoms with E-state index >= 15 is 0 Å². The van der Waals surface area contributed by atoms with Gasteiger partial charge in [-0.15, -0.1) is 0 Å². The predicted molar refractivity (Wildman–Crippen MR) is 163 cm³/mol. The molecule has 2 saturated heterocycles. The molecule has 3 aliphatic heterocycles. The predicted octanol–water partition coefficient (Wildman–Crippen LogP) is 5.81. The minimum Gasteiger partial charge on any atom is -0.477 e. The maximum absolute atomic E-state index is 9.84. The van der Waals surface area contributed by atoms with Gasteiger partial charge in [0, 0.05) is 55.4 Å². The number of nitrogens with zero attached hydrogens (tertiary/aromatic N) is 5. The molecule has 5 heterocycles. The molecule has 7 nitrogen and oxygen atoms in total. The summed E-state index contributed by atoms with van der Waals surface area (Å²) in [5.41, 5.74) is 6.06. The summed E-state index contributed by atoms with van der Waals surface area (Å²) in [6.45, 7) is 10.7. The van der Waals surface area contributed by atoms with E-state index in [1.807, 2.05) is 25.1 Å². The average molecular weight is 571 g/mol. The maximum atomic E-state index is 9.84. The summed E-state index contributed by atoms with van der Waals surface area (Å²) in [7, 11) is 0. The molecule has 1 N–H and O–H groups in total. The van der Waals surface area contributed by atoms with Crippen LogP contribution in [0.25, 0.3) is 11.3 Å². The third-order valence-electron chi connectivity index (χ3n) is 9.32. The lowest BCUT2D eigenvalue weighted by Crippen LogP contribution is -2.58. The molecule has 214 valence electrons. The first kappa shape index (κ1) is 28.0. The second kappa shape index (κ2) is 12.0. The summed E-state index contributed by atoms with van der Waals surface area (Å²) >= 11 is 6.23. The number of pyridine rings is 2. The van der Waals surface area contributed by atoms with Crippen molar-refractivity contribution in [3.63, 3.8) is 0 Å². The molecular weight excluding hydrogens is 532 g/mol. The quantitative estimate of drug-likeness (QED) is 0.384. The van der Waals surface area contributed by atoms with Crippen molar-refractivity contribution in [2.75, 3.05) is 44.2 Å². The van der Waals surface area contributed by atoms with Crippen LogP contribution in [0.2, 0.25) is 5.02 Å². The van der Waals surface area contributed by atoms with Gasteiger partial charge in [0.1, 0.15) is 6.07 Å². The summed E-state index contributed by atoms with van der Waals surface area (Å²) in [5, 5.41) is 14.2. The van der Waals surface area contributed by atoms with Crippen LogP contribution in [-0.2, 0) is 12.0 Å². The fraction of sp³-hybridized carbons (Fsp3) is 0.485. The molecule has 0 unspecified atom stereocenters. The zero-order chi connectivity index (χ0) is 28.4. The number of halogens is 1. The van der Waals surface area contributed by atoms with Gasteiger partial charge in [-0.05, 0) is 80.6 Å². The van der Waals surface area contributed by atoms with Crippen LogP contribution in [-0.4, -0.2) is 60.2 Å². The number of piperidine rings is 1. The normalized spacial score (nSPS) is 24.3. The van der Waals surface area contributed by atoms with Crippen molar-refractivity contribution >= 4 is 17.3 Å². The lowest BCUT2D eigenvalue weighted by molar-refractivity contribution is 0.0968. The van der Waals surface area contributed by atoms with Gasteiger partial charge in [-0.1, -0.05) is 31.0 Å². The molecule has 0 amide bonds. The van der Waals surface area contributed by atoms with Crippen molar-refractivity contribution in [1.29, 1.82) is 5.26 Å². The molecular formula is C33H39ClN6O. The van der Waals surface area contributed by atoms with Crippen molar-refractivity contribution in [3.05, 3.63) is 70.5 Å². The molecule has 1 aromatic carbocycles. The van der Waals surface area contributed by atoms with Crippen LogP contribution >= 0.6 is 11.6 Å². The van der Waals surface area contributed by atoms with Gasteiger partial charge < -0.3 is 15.0 Å². The van der Waals surface area contributed by atoms with Gasteiger partial charge in [0.2, 0.25) is 5.88 Å². The highest BCUT2D eigenvalue weighted by atomic mass is 35.5. The number of fused-ring (bicyclic) bond motifs is 2. The van der Waals surface area contributed by atoms with E-state index in [1.165, 1.54) is 24.1 Å². The summed E-state index contributed by atoms with van der Waals surface area (Å²) < 4.78 is 5.86. The Kier molecular flexibility index (Phi) is 8.16. The number of hydrogen-bond acceptors (Lipinski definition) is 7. The molecule has 6 rings (SSSR count). The molecule has 8 heteroatoms. The van der Waals surface area contributed by atoms with E-state index in [1.54, 1.807) is 12.3 Å². The van der Waals surface area contributed by atoms with Gasteiger partial charge >= 0.3 is 0 Å². The second-order valence-corrected chi connectivity index (χ2v) is 12.1. The van der Waals surface area contributed by atoms with Gasteiger partial charge in [0.25, 0.3) is 0 Å². The van der Waals surface area contributed by atoms with Gasteiger partial charge in [-0.2, -0.15) is 5.26 Å². The number of aromatic nitrogens is 2. The smallest absolute Gasteiger partial charge is 0.222 e. The van der Waals surface area contributed by atoms with Crippen LogP contribution < -0.4 is 15.0 Å². The van der Waals surface area contributed by atoms with Crippen LogP contribution in [0.15, 0.2) is 48.7 Å². The Hall–Kier alpha value is -3.18. The molecule has 0 bridgehead atoms. The van der Waals surface area contributed by atoms with E-state index in [0.29, 0.717) is 35.0 Å². The van der Waals surface area contributed by atoms with Crippen LogP contribution in [0, 0.1) is 17.2 Å². The molecule has 3 atom stereocenters. The number of nitrogens with one attached hydrogen (secondary N) is 1. The van der Waals surface area contributed by atoms with Crippen molar-refractivity contribution < 1.29 is 4.74 Å². The van der Waals surface area contributed by atoms with E-state index in [0.717, 1.165) is 69.1 Å². The Morgan fingerprint density at radius 1 is 1.22 bits per heavy atom. The standard InChI is InChI=1S/C33H39ClN6O/c1-3-24-19-40(31-12-9-25(34)17-23(31)18-35)16-13-33(24)22-39(20-26-7-5-14-36-26)21-30-28(33)10-11-29(38-30)27-8-6-15-37-32(27)41-4-2/h6,8-12,15,17,24,26,36H,3-5,7,13-14,16,19-22H2,1-2H3/t24-,26-,33+/m1/s1. The van der Waals surface area contributed by atoms with Crippen LogP contribution in [0.3, 0.4) is 0 Å². The Balaban J connectivity index is 1.38. The zero-order valence-corrected chi connectivity index (χ0v) is 24.8. The number of ether oxygens (including phenoxy) is 1. The Morgan fingerprint density at radius 3 is 2.90 bits per heavy atom. The first-order valence-corrected chi connectivity index (χ1v) is 15.4. The molecule has 3 aliphatic rings. The lowest BCUT2D eigenvalue weighted by Gasteiger charge is -2.53. The monoisotopic (exact) mass is 570 g/mol. The number of nitriles is 1. The van der Waals surface area contributed by atoms with Crippen molar-refractivity contribution in [1.82, 2.24) is 20.2 Å². The van der Waals surface area contributed by atoms with Crippen LogP contribution in [0.5, 0.6) is 5.88 Å². The minimum absolute atomic E-state index is 0.000113. The largest absolute Gasteiger partial charge is 0.477 e. The Bertz CT molecular complexity index is 1430. The van der Waals surface area contributed by atoms with E-state index in [4.69, 9.17) is 21.3 Å². The molecule has 2 fully saturated rings. The van der Waals surface area contributed by atoms with E-state index in [2.05, 4.69) is 51.3 Å². The fourth-order valence-electron chi connectivity index (χ4n) is 7.41. The van der Waals surface area contributed by atoms with Crippen LogP contribution in [0.4, 0.5) is 5.69 Å². The van der Waals surface area contributed by atoms with Gasteiger partial charge in [0.15, 0.2) is 0 Å². The first-order chi connectivity index (χ1) is 20.0. The van der Waals surface area contributed by atoms with E-state index in [-0.39, 0.29) is 5.41 Å². The summed E-state index contributed by atoms with van der Waals surface area (Å²) in [4.78, 5) is 14.9. The summed E-state index contributed by atoms with van der Waals surface area (Å²) in [6.07, 6.45) is 6.32. The SMILES string of the molecule is CCOc1ncccc1-c1ccc2c(n1)CN(C[C@H]1CCCN1)C[C@]21CCN(c2ccc(Cl)cc2C#N)C[C@H]1CC. The van der Waals surface area contributed by atoms with E-state index in [9.17, 15) is 5.26 Å². The number of benzene rings is 1. The van der Waals surface area contributed by atoms with Gasteiger partial charge in [0.05, 0.1) is 34.8 Å². The highest BCUT2D eigenvalue weighted by Crippen LogP contribution is 2.48. The molecule has 3 aromatic rings. The van der Waals surface area contributed by atoms with Crippen LogP contribution in [0.1, 0.15) is 56.4 Å². The Labute approximate surface area is 248 Å². The van der Waals surface area contributed by atoms with Crippen molar-refractivity contribution in [3.8, 4) is 23.2 Å². The molecule has 1 spiro atoms. The van der Waals surface area contributed by atoms with Gasteiger partial charge in [-0.3, -0.25) is 9.88 Å². The molecule has 0 radical (unpaired) electrons.